The van der Waals surface area contributed by atoms with Gasteiger partial charge in [-0.25, -0.2) is 9.97 Å². The van der Waals surface area contributed by atoms with E-state index in [1.54, 1.807) is 19.5 Å². The summed E-state index contributed by atoms with van der Waals surface area (Å²) in [6, 6.07) is 4.15. The molecule has 6 heteroatoms. The van der Waals surface area contributed by atoms with E-state index in [0.29, 0.717) is 11.8 Å². The molecule has 0 saturated carbocycles. The van der Waals surface area contributed by atoms with Gasteiger partial charge in [-0.2, -0.15) is 0 Å². The standard InChI is InChI=1S/C18H25N5O/c1-22(17-18(24-2)21-9-8-20-17)13-15-5-10-23(11-6-15)14-16-4-3-7-19-12-16/h3-4,7-9,12,15H,5-6,10-11,13-14H2,1-2H3. The quantitative estimate of drug-likeness (QED) is 0.811. The number of hydrogen-bond donors (Lipinski definition) is 0. The topological polar surface area (TPSA) is 54.4 Å². The third-order valence-electron chi connectivity index (χ3n) is 4.57. The molecule has 1 fully saturated rings. The van der Waals surface area contributed by atoms with Gasteiger partial charge in [0.2, 0.25) is 0 Å². The van der Waals surface area contributed by atoms with E-state index in [1.807, 2.05) is 18.5 Å². The van der Waals surface area contributed by atoms with Gasteiger partial charge in [-0.1, -0.05) is 6.07 Å². The van der Waals surface area contributed by atoms with Crippen LogP contribution in [0.15, 0.2) is 36.9 Å². The lowest BCUT2D eigenvalue weighted by Crippen LogP contribution is -2.37. The Bertz CT molecular complexity index is 628. The number of anilines is 1. The van der Waals surface area contributed by atoms with Crippen LogP contribution in [0.5, 0.6) is 5.88 Å². The van der Waals surface area contributed by atoms with E-state index in [2.05, 4.69) is 37.9 Å². The van der Waals surface area contributed by atoms with E-state index < -0.39 is 0 Å². The number of nitrogens with zero attached hydrogens (tertiary/aromatic N) is 5. The second kappa shape index (κ2) is 8.06. The van der Waals surface area contributed by atoms with Gasteiger partial charge in [0, 0.05) is 44.9 Å². The van der Waals surface area contributed by atoms with Crippen LogP contribution in [0.3, 0.4) is 0 Å². The number of pyridine rings is 1. The van der Waals surface area contributed by atoms with E-state index >= 15 is 0 Å². The van der Waals surface area contributed by atoms with Crippen molar-refractivity contribution in [1.29, 1.82) is 0 Å². The van der Waals surface area contributed by atoms with Crippen molar-refractivity contribution in [2.24, 2.45) is 5.92 Å². The molecular weight excluding hydrogens is 302 g/mol. The molecule has 0 unspecified atom stereocenters. The third-order valence-corrected chi connectivity index (χ3v) is 4.57. The summed E-state index contributed by atoms with van der Waals surface area (Å²) in [5.41, 5.74) is 1.29. The average molecular weight is 327 g/mol. The monoisotopic (exact) mass is 327 g/mol. The number of rotatable bonds is 6. The van der Waals surface area contributed by atoms with Crippen LogP contribution in [0.25, 0.3) is 0 Å². The molecule has 0 bridgehead atoms. The molecule has 0 spiro atoms. The summed E-state index contributed by atoms with van der Waals surface area (Å²) in [5.74, 6) is 2.08. The first-order valence-electron chi connectivity index (χ1n) is 8.43. The summed E-state index contributed by atoms with van der Waals surface area (Å²) < 4.78 is 5.31. The van der Waals surface area contributed by atoms with Crippen molar-refractivity contribution in [3.8, 4) is 5.88 Å². The summed E-state index contributed by atoms with van der Waals surface area (Å²) in [7, 11) is 3.70. The highest BCUT2D eigenvalue weighted by Gasteiger charge is 2.22. The molecule has 24 heavy (non-hydrogen) atoms. The van der Waals surface area contributed by atoms with Crippen LogP contribution >= 0.6 is 0 Å². The van der Waals surface area contributed by atoms with Crippen molar-refractivity contribution in [3.63, 3.8) is 0 Å². The van der Waals surface area contributed by atoms with Gasteiger partial charge in [-0.05, 0) is 43.5 Å². The van der Waals surface area contributed by atoms with E-state index in [9.17, 15) is 0 Å². The molecule has 2 aromatic rings. The number of aromatic nitrogens is 3. The van der Waals surface area contributed by atoms with E-state index in [1.165, 1.54) is 18.4 Å². The molecule has 3 rings (SSSR count). The predicted molar refractivity (Wildman–Crippen MR) is 94.1 cm³/mol. The first kappa shape index (κ1) is 16.6. The SMILES string of the molecule is COc1nccnc1N(C)CC1CCN(Cc2cccnc2)CC1. The summed E-state index contributed by atoms with van der Waals surface area (Å²) in [6.07, 6.45) is 9.56. The minimum atomic E-state index is 0.592. The summed E-state index contributed by atoms with van der Waals surface area (Å²) in [5, 5.41) is 0. The Hall–Kier alpha value is -2.21. The first-order valence-corrected chi connectivity index (χ1v) is 8.43. The van der Waals surface area contributed by atoms with Gasteiger partial charge in [0.05, 0.1) is 7.11 Å². The van der Waals surface area contributed by atoms with Gasteiger partial charge in [0.15, 0.2) is 5.82 Å². The van der Waals surface area contributed by atoms with Crippen molar-refractivity contribution in [2.45, 2.75) is 19.4 Å². The molecule has 0 radical (unpaired) electrons. The van der Waals surface area contributed by atoms with Gasteiger partial charge in [0.25, 0.3) is 5.88 Å². The highest BCUT2D eigenvalue weighted by Crippen LogP contribution is 2.25. The maximum absolute atomic E-state index is 5.31. The Kier molecular flexibility index (Phi) is 5.59. The van der Waals surface area contributed by atoms with Gasteiger partial charge in [0.1, 0.15) is 0 Å². The highest BCUT2D eigenvalue weighted by atomic mass is 16.5. The van der Waals surface area contributed by atoms with Crippen LogP contribution in [0.2, 0.25) is 0 Å². The van der Waals surface area contributed by atoms with Crippen LogP contribution in [0.1, 0.15) is 18.4 Å². The van der Waals surface area contributed by atoms with Crippen molar-refractivity contribution >= 4 is 5.82 Å². The normalized spacial score (nSPS) is 16.1. The highest BCUT2D eigenvalue weighted by molar-refractivity contribution is 5.46. The average Bonchev–Trinajstić information content (AvgIpc) is 2.64. The molecule has 0 amide bonds. The summed E-state index contributed by atoms with van der Waals surface area (Å²) in [6.45, 7) is 4.24. The fraction of sp³-hybridized carbons (Fsp3) is 0.500. The van der Waals surface area contributed by atoms with Crippen LogP contribution in [-0.2, 0) is 6.54 Å². The van der Waals surface area contributed by atoms with Crippen molar-refractivity contribution in [3.05, 3.63) is 42.5 Å². The van der Waals surface area contributed by atoms with Gasteiger partial charge in [-0.3, -0.25) is 9.88 Å². The minimum Gasteiger partial charge on any atom is -0.478 e. The molecule has 0 atom stereocenters. The number of methoxy groups -OCH3 is 1. The Labute approximate surface area is 143 Å². The minimum absolute atomic E-state index is 0.592. The van der Waals surface area contributed by atoms with E-state index in [4.69, 9.17) is 4.74 Å². The van der Waals surface area contributed by atoms with E-state index in [0.717, 1.165) is 32.0 Å². The zero-order valence-electron chi connectivity index (χ0n) is 14.4. The molecule has 0 aromatic carbocycles. The molecule has 1 saturated heterocycles. The van der Waals surface area contributed by atoms with Crippen LogP contribution in [-0.4, -0.2) is 53.6 Å². The maximum atomic E-state index is 5.31. The molecule has 128 valence electrons. The fourth-order valence-corrected chi connectivity index (χ4v) is 3.27. The molecule has 2 aromatic heterocycles. The van der Waals surface area contributed by atoms with Crippen molar-refractivity contribution in [2.75, 3.05) is 38.7 Å². The van der Waals surface area contributed by atoms with E-state index in [-0.39, 0.29) is 0 Å². The van der Waals surface area contributed by atoms with Crippen molar-refractivity contribution < 1.29 is 4.74 Å². The molecule has 0 N–H and O–H groups in total. The Morgan fingerprint density at radius 2 is 2.00 bits per heavy atom. The first-order chi connectivity index (χ1) is 11.8. The molecule has 6 nitrogen and oxygen atoms in total. The number of likely N-dealkylation sites (tertiary alicyclic amines) is 1. The molecule has 1 aliphatic rings. The van der Waals surface area contributed by atoms with Crippen molar-refractivity contribution in [1.82, 2.24) is 19.9 Å². The van der Waals surface area contributed by atoms with Crippen LogP contribution < -0.4 is 9.64 Å². The zero-order valence-corrected chi connectivity index (χ0v) is 14.4. The Morgan fingerprint density at radius 3 is 2.71 bits per heavy atom. The second-order valence-electron chi connectivity index (χ2n) is 6.35. The van der Waals surface area contributed by atoms with Crippen LogP contribution in [0.4, 0.5) is 5.82 Å². The van der Waals surface area contributed by atoms with Gasteiger partial charge >= 0.3 is 0 Å². The largest absolute Gasteiger partial charge is 0.478 e. The summed E-state index contributed by atoms with van der Waals surface area (Å²) in [4.78, 5) is 17.5. The Morgan fingerprint density at radius 1 is 1.21 bits per heavy atom. The molecule has 0 aliphatic carbocycles. The van der Waals surface area contributed by atoms with Gasteiger partial charge in [-0.15, -0.1) is 0 Å². The lowest BCUT2D eigenvalue weighted by atomic mass is 9.96. The number of piperidine rings is 1. The number of ether oxygens (including phenoxy) is 1. The second-order valence-corrected chi connectivity index (χ2v) is 6.35. The van der Waals surface area contributed by atoms with Gasteiger partial charge < -0.3 is 9.64 Å². The number of hydrogen-bond acceptors (Lipinski definition) is 6. The zero-order chi connectivity index (χ0) is 16.8. The lowest BCUT2D eigenvalue weighted by Gasteiger charge is -2.34. The Balaban J connectivity index is 1.50. The maximum Gasteiger partial charge on any atom is 0.257 e. The lowest BCUT2D eigenvalue weighted by molar-refractivity contribution is 0.179. The van der Waals surface area contributed by atoms with Crippen LogP contribution in [0, 0.1) is 5.92 Å². The predicted octanol–water partition coefficient (Wildman–Crippen LogP) is 2.23. The third kappa shape index (κ3) is 4.20. The molecular formula is C18H25N5O. The molecule has 3 heterocycles. The molecule has 1 aliphatic heterocycles. The smallest absolute Gasteiger partial charge is 0.257 e. The summed E-state index contributed by atoms with van der Waals surface area (Å²) >= 11 is 0. The fourth-order valence-electron chi connectivity index (χ4n) is 3.27.